The third kappa shape index (κ3) is 3.60. The number of ether oxygens (including phenoxy) is 1. The van der Waals surface area contributed by atoms with Crippen molar-refractivity contribution in [2.75, 3.05) is 12.4 Å². The quantitative estimate of drug-likeness (QED) is 0.870. The second-order valence-corrected chi connectivity index (χ2v) is 4.98. The van der Waals surface area contributed by atoms with Gasteiger partial charge in [0.05, 0.1) is 7.11 Å². The lowest BCUT2D eigenvalue weighted by molar-refractivity contribution is -0.141. The first kappa shape index (κ1) is 15.0. The second kappa shape index (κ2) is 6.39. The van der Waals surface area contributed by atoms with Crippen LogP contribution < -0.4 is 5.32 Å². The summed E-state index contributed by atoms with van der Waals surface area (Å²) in [5, 5.41) is 3.14. The molecular formula is C17H18FNO2. The van der Waals surface area contributed by atoms with E-state index in [1.807, 2.05) is 31.2 Å². The number of nitrogens with one attached hydrogen (secondary N) is 1. The Bertz CT molecular complexity index is 655. The van der Waals surface area contributed by atoms with Crippen molar-refractivity contribution in [2.45, 2.75) is 19.9 Å². The molecule has 2 rings (SSSR count). The topological polar surface area (TPSA) is 38.3 Å². The van der Waals surface area contributed by atoms with Crippen LogP contribution >= 0.6 is 0 Å². The van der Waals surface area contributed by atoms with Gasteiger partial charge < -0.3 is 10.1 Å². The van der Waals surface area contributed by atoms with E-state index in [9.17, 15) is 9.18 Å². The zero-order valence-corrected chi connectivity index (χ0v) is 12.3. The fourth-order valence-electron chi connectivity index (χ4n) is 2.15. The molecule has 1 N–H and O–H groups in total. The van der Waals surface area contributed by atoms with Crippen LogP contribution in [-0.2, 0) is 9.53 Å². The van der Waals surface area contributed by atoms with Crippen molar-refractivity contribution in [3.8, 4) is 0 Å². The minimum atomic E-state index is -0.670. The normalized spacial score (nSPS) is 11.8. The first-order chi connectivity index (χ1) is 10.0. The van der Waals surface area contributed by atoms with Gasteiger partial charge in [-0.25, -0.2) is 9.18 Å². The van der Waals surface area contributed by atoms with E-state index in [0.29, 0.717) is 11.1 Å². The van der Waals surface area contributed by atoms with E-state index in [2.05, 4.69) is 5.32 Å². The fraction of sp³-hybridized carbons (Fsp3) is 0.235. The van der Waals surface area contributed by atoms with Crippen molar-refractivity contribution >= 4 is 11.7 Å². The lowest BCUT2D eigenvalue weighted by Gasteiger charge is -2.19. The Morgan fingerprint density at radius 1 is 1.19 bits per heavy atom. The predicted octanol–water partition coefficient (Wildman–Crippen LogP) is 3.77. The maximum atomic E-state index is 13.4. The Morgan fingerprint density at radius 2 is 1.95 bits per heavy atom. The van der Waals surface area contributed by atoms with E-state index in [1.54, 1.807) is 19.1 Å². The highest BCUT2D eigenvalue weighted by atomic mass is 19.1. The molecule has 2 aromatic carbocycles. The van der Waals surface area contributed by atoms with Gasteiger partial charge in [0.15, 0.2) is 6.04 Å². The lowest BCUT2D eigenvalue weighted by atomic mass is 10.0. The Hall–Kier alpha value is -2.36. The summed E-state index contributed by atoms with van der Waals surface area (Å²) < 4.78 is 18.2. The number of halogens is 1. The highest BCUT2D eigenvalue weighted by Crippen LogP contribution is 2.23. The summed E-state index contributed by atoms with van der Waals surface area (Å²) in [6, 6.07) is 11.6. The Labute approximate surface area is 123 Å². The molecule has 1 atom stereocenters. The zero-order chi connectivity index (χ0) is 15.4. The van der Waals surface area contributed by atoms with Crippen LogP contribution in [0.1, 0.15) is 22.7 Å². The molecule has 0 aromatic heterocycles. The van der Waals surface area contributed by atoms with Gasteiger partial charge in [-0.3, -0.25) is 0 Å². The molecular weight excluding hydrogens is 269 g/mol. The molecule has 0 spiro atoms. The smallest absolute Gasteiger partial charge is 0.332 e. The molecule has 0 fully saturated rings. The van der Waals surface area contributed by atoms with Gasteiger partial charge in [-0.05, 0) is 48.7 Å². The average molecular weight is 287 g/mol. The molecule has 0 bridgehead atoms. The maximum absolute atomic E-state index is 13.4. The van der Waals surface area contributed by atoms with Gasteiger partial charge in [0.1, 0.15) is 5.82 Å². The van der Waals surface area contributed by atoms with Crippen molar-refractivity contribution in [3.05, 3.63) is 65.0 Å². The molecule has 4 heteroatoms. The molecule has 3 nitrogen and oxygen atoms in total. The van der Waals surface area contributed by atoms with E-state index in [4.69, 9.17) is 4.74 Å². The first-order valence-electron chi connectivity index (χ1n) is 6.68. The van der Waals surface area contributed by atoms with Gasteiger partial charge >= 0.3 is 5.97 Å². The van der Waals surface area contributed by atoms with E-state index >= 15 is 0 Å². The minimum absolute atomic E-state index is 0.294. The largest absolute Gasteiger partial charge is 0.467 e. The SMILES string of the molecule is COC(=O)C(Nc1cccc(C)c1)c1ccc(F)c(C)c1. The predicted molar refractivity (Wildman–Crippen MR) is 80.7 cm³/mol. The van der Waals surface area contributed by atoms with Gasteiger partial charge in [-0.2, -0.15) is 0 Å². The molecule has 2 aromatic rings. The number of anilines is 1. The monoisotopic (exact) mass is 287 g/mol. The van der Waals surface area contributed by atoms with Gasteiger partial charge in [-0.15, -0.1) is 0 Å². The van der Waals surface area contributed by atoms with Crippen LogP contribution in [0.2, 0.25) is 0 Å². The highest BCUT2D eigenvalue weighted by molar-refractivity contribution is 5.81. The Kier molecular flexibility index (Phi) is 4.58. The highest BCUT2D eigenvalue weighted by Gasteiger charge is 2.22. The fourth-order valence-corrected chi connectivity index (χ4v) is 2.15. The van der Waals surface area contributed by atoms with Gasteiger partial charge in [-0.1, -0.05) is 24.3 Å². The number of methoxy groups -OCH3 is 1. The van der Waals surface area contributed by atoms with Crippen LogP contribution in [0, 0.1) is 19.7 Å². The molecule has 0 aliphatic heterocycles. The molecule has 0 saturated heterocycles. The standard InChI is InChI=1S/C17H18FNO2/c1-11-5-4-6-14(9-11)19-16(17(20)21-3)13-7-8-15(18)12(2)10-13/h4-10,16,19H,1-3H3. The molecule has 1 unspecified atom stereocenters. The van der Waals surface area contributed by atoms with Crippen LogP contribution in [-0.4, -0.2) is 13.1 Å². The van der Waals surface area contributed by atoms with Gasteiger partial charge in [0.25, 0.3) is 0 Å². The van der Waals surface area contributed by atoms with Crippen molar-refractivity contribution in [1.29, 1.82) is 0 Å². The number of esters is 1. The number of hydrogen-bond acceptors (Lipinski definition) is 3. The van der Waals surface area contributed by atoms with Crippen molar-refractivity contribution < 1.29 is 13.9 Å². The van der Waals surface area contributed by atoms with Crippen LogP contribution in [0.15, 0.2) is 42.5 Å². The zero-order valence-electron chi connectivity index (χ0n) is 12.3. The summed E-state index contributed by atoms with van der Waals surface area (Å²) in [7, 11) is 1.34. The van der Waals surface area contributed by atoms with Crippen LogP contribution in [0.3, 0.4) is 0 Å². The third-order valence-electron chi connectivity index (χ3n) is 3.28. The van der Waals surface area contributed by atoms with E-state index < -0.39 is 12.0 Å². The first-order valence-corrected chi connectivity index (χ1v) is 6.68. The van der Waals surface area contributed by atoms with E-state index in [-0.39, 0.29) is 5.82 Å². The van der Waals surface area contributed by atoms with Crippen LogP contribution in [0.4, 0.5) is 10.1 Å². The molecule has 0 radical (unpaired) electrons. The summed E-state index contributed by atoms with van der Waals surface area (Å²) in [6.07, 6.45) is 0. The summed E-state index contributed by atoms with van der Waals surface area (Å²) in [5.41, 5.74) is 3.06. The summed E-state index contributed by atoms with van der Waals surface area (Å²) in [4.78, 5) is 12.0. The Morgan fingerprint density at radius 3 is 2.57 bits per heavy atom. The third-order valence-corrected chi connectivity index (χ3v) is 3.28. The minimum Gasteiger partial charge on any atom is -0.467 e. The Balaban J connectivity index is 2.34. The van der Waals surface area contributed by atoms with Gasteiger partial charge in [0, 0.05) is 5.69 Å². The number of carbonyl (C=O) groups excluding carboxylic acids is 1. The van der Waals surface area contributed by atoms with Gasteiger partial charge in [0.2, 0.25) is 0 Å². The van der Waals surface area contributed by atoms with Crippen LogP contribution in [0.25, 0.3) is 0 Å². The number of benzene rings is 2. The number of carbonyl (C=O) groups is 1. The number of aryl methyl sites for hydroxylation is 2. The summed E-state index contributed by atoms with van der Waals surface area (Å²) in [5.74, 6) is -0.708. The lowest BCUT2D eigenvalue weighted by Crippen LogP contribution is -2.22. The summed E-state index contributed by atoms with van der Waals surface area (Å²) >= 11 is 0. The van der Waals surface area contributed by atoms with E-state index in [0.717, 1.165) is 11.3 Å². The molecule has 21 heavy (non-hydrogen) atoms. The van der Waals surface area contributed by atoms with Crippen molar-refractivity contribution in [2.24, 2.45) is 0 Å². The van der Waals surface area contributed by atoms with Crippen molar-refractivity contribution in [1.82, 2.24) is 0 Å². The van der Waals surface area contributed by atoms with Crippen molar-refractivity contribution in [3.63, 3.8) is 0 Å². The summed E-state index contributed by atoms with van der Waals surface area (Å²) in [6.45, 7) is 3.64. The number of rotatable bonds is 4. The molecule has 0 aliphatic rings. The second-order valence-electron chi connectivity index (χ2n) is 4.98. The number of hydrogen-bond donors (Lipinski definition) is 1. The van der Waals surface area contributed by atoms with Crippen LogP contribution in [0.5, 0.6) is 0 Å². The molecule has 0 saturated carbocycles. The van der Waals surface area contributed by atoms with E-state index in [1.165, 1.54) is 13.2 Å². The molecule has 0 aliphatic carbocycles. The molecule has 110 valence electrons. The molecule has 0 heterocycles. The maximum Gasteiger partial charge on any atom is 0.332 e. The molecule has 0 amide bonds. The average Bonchev–Trinajstić information content (AvgIpc) is 2.47.